The second-order valence-corrected chi connectivity index (χ2v) is 3.98. The van der Waals surface area contributed by atoms with Gasteiger partial charge in [0, 0.05) is 13.6 Å². The Bertz CT molecular complexity index is 420. The van der Waals surface area contributed by atoms with E-state index < -0.39 is 0 Å². The van der Waals surface area contributed by atoms with E-state index in [-0.39, 0.29) is 12.3 Å². The maximum Gasteiger partial charge on any atom is 0.236 e. The van der Waals surface area contributed by atoms with Gasteiger partial charge in [0.15, 0.2) is 0 Å². The molecule has 0 saturated carbocycles. The first-order valence-corrected chi connectivity index (χ1v) is 6.00. The van der Waals surface area contributed by atoms with Crippen LogP contribution in [0.1, 0.15) is 18.9 Å². The van der Waals surface area contributed by atoms with Crippen molar-refractivity contribution in [3.05, 3.63) is 29.8 Å². The minimum Gasteiger partial charge on any atom is -0.494 e. The molecule has 4 nitrogen and oxygen atoms in total. The molecule has 0 aliphatic heterocycles. The molecule has 0 unspecified atom stereocenters. The molecule has 0 N–H and O–H groups in total. The maximum absolute atomic E-state index is 11.4. The fraction of sp³-hybridized carbons (Fsp3) is 0.429. The van der Waals surface area contributed by atoms with Crippen LogP contribution in [-0.4, -0.2) is 31.0 Å². The minimum atomic E-state index is -0.136. The standard InChI is InChI=1S/C14H18N2O2/c1-3-18-13-6-4-12(5-7-13)9-11-16(2)14(17)8-10-15/h4-7H,3,8-9,11H2,1-2H3. The largest absolute Gasteiger partial charge is 0.494 e. The van der Waals surface area contributed by atoms with Crippen molar-refractivity contribution in [3.63, 3.8) is 0 Å². The number of benzene rings is 1. The number of nitrogens with zero attached hydrogens (tertiary/aromatic N) is 2. The molecule has 1 aromatic carbocycles. The predicted molar refractivity (Wildman–Crippen MR) is 69.2 cm³/mol. The van der Waals surface area contributed by atoms with Crippen molar-refractivity contribution in [2.75, 3.05) is 20.2 Å². The molecule has 1 aromatic rings. The Labute approximate surface area is 108 Å². The zero-order chi connectivity index (χ0) is 13.4. The van der Waals surface area contributed by atoms with Gasteiger partial charge in [0.25, 0.3) is 0 Å². The highest BCUT2D eigenvalue weighted by atomic mass is 16.5. The zero-order valence-electron chi connectivity index (χ0n) is 10.8. The van der Waals surface area contributed by atoms with Crippen LogP contribution < -0.4 is 4.74 Å². The van der Waals surface area contributed by atoms with Crippen LogP contribution in [0, 0.1) is 11.3 Å². The summed E-state index contributed by atoms with van der Waals surface area (Å²) in [5.41, 5.74) is 1.15. The summed E-state index contributed by atoms with van der Waals surface area (Å²) in [6.45, 7) is 3.23. The summed E-state index contributed by atoms with van der Waals surface area (Å²) in [4.78, 5) is 13.0. The Morgan fingerprint density at radius 2 is 2.06 bits per heavy atom. The summed E-state index contributed by atoms with van der Waals surface area (Å²) >= 11 is 0. The second-order valence-electron chi connectivity index (χ2n) is 3.98. The van der Waals surface area contributed by atoms with Gasteiger partial charge in [0.2, 0.25) is 5.91 Å². The molecular weight excluding hydrogens is 228 g/mol. The highest BCUT2D eigenvalue weighted by Gasteiger charge is 2.07. The number of carbonyl (C=O) groups is 1. The number of nitriles is 1. The third kappa shape index (κ3) is 4.46. The normalized spacial score (nSPS) is 9.61. The van der Waals surface area contributed by atoms with Gasteiger partial charge in [0.05, 0.1) is 12.7 Å². The van der Waals surface area contributed by atoms with Crippen molar-refractivity contribution >= 4 is 5.91 Å². The molecule has 0 bridgehead atoms. The van der Waals surface area contributed by atoms with E-state index >= 15 is 0 Å². The molecule has 0 radical (unpaired) electrons. The second kappa shape index (κ2) is 7.33. The average molecular weight is 246 g/mol. The summed E-state index contributed by atoms with van der Waals surface area (Å²) in [6.07, 6.45) is 0.722. The van der Waals surface area contributed by atoms with Crippen molar-refractivity contribution in [2.45, 2.75) is 19.8 Å². The Balaban J connectivity index is 2.44. The number of amides is 1. The maximum atomic E-state index is 11.4. The third-order valence-electron chi connectivity index (χ3n) is 2.63. The van der Waals surface area contributed by atoms with Gasteiger partial charge in [-0.2, -0.15) is 5.26 Å². The monoisotopic (exact) mass is 246 g/mol. The van der Waals surface area contributed by atoms with Crippen LogP contribution in [0.15, 0.2) is 24.3 Å². The van der Waals surface area contributed by atoms with Crippen LogP contribution in [0.3, 0.4) is 0 Å². The summed E-state index contributed by atoms with van der Waals surface area (Å²) in [6, 6.07) is 9.70. The molecule has 4 heteroatoms. The van der Waals surface area contributed by atoms with Crippen LogP contribution in [0.4, 0.5) is 0 Å². The van der Waals surface area contributed by atoms with Gasteiger partial charge in [0.1, 0.15) is 12.2 Å². The Kier molecular flexibility index (Phi) is 5.72. The highest BCUT2D eigenvalue weighted by molar-refractivity contribution is 5.77. The molecular formula is C14H18N2O2. The van der Waals surface area contributed by atoms with Gasteiger partial charge in [-0.15, -0.1) is 0 Å². The van der Waals surface area contributed by atoms with Crippen LogP contribution in [0.5, 0.6) is 5.75 Å². The van der Waals surface area contributed by atoms with Gasteiger partial charge in [-0.1, -0.05) is 12.1 Å². The van der Waals surface area contributed by atoms with Gasteiger partial charge < -0.3 is 9.64 Å². The van der Waals surface area contributed by atoms with Gasteiger partial charge in [-0.25, -0.2) is 0 Å². The number of ether oxygens (including phenoxy) is 1. The fourth-order valence-corrected chi connectivity index (χ4v) is 1.54. The summed E-state index contributed by atoms with van der Waals surface area (Å²) < 4.78 is 5.36. The average Bonchev–Trinajstić information content (AvgIpc) is 2.38. The Morgan fingerprint density at radius 1 is 1.39 bits per heavy atom. The fourth-order valence-electron chi connectivity index (χ4n) is 1.54. The molecule has 0 spiro atoms. The quantitative estimate of drug-likeness (QED) is 0.771. The number of hydrogen-bond donors (Lipinski definition) is 0. The molecule has 0 heterocycles. The lowest BCUT2D eigenvalue weighted by Crippen LogP contribution is -2.28. The Hall–Kier alpha value is -2.02. The summed E-state index contributed by atoms with van der Waals surface area (Å²) in [5.74, 6) is 0.721. The minimum absolute atomic E-state index is 0.0558. The molecule has 0 atom stereocenters. The van der Waals surface area contributed by atoms with Gasteiger partial charge in [-0.05, 0) is 31.0 Å². The van der Waals surface area contributed by atoms with E-state index in [1.165, 1.54) is 0 Å². The molecule has 0 aromatic heterocycles. The molecule has 0 aliphatic carbocycles. The molecule has 0 aliphatic rings. The molecule has 18 heavy (non-hydrogen) atoms. The highest BCUT2D eigenvalue weighted by Crippen LogP contribution is 2.12. The van der Waals surface area contributed by atoms with E-state index in [9.17, 15) is 4.79 Å². The lowest BCUT2D eigenvalue weighted by atomic mass is 10.1. The van der Waals surface area contributed by atoms with E-state index in [2.05, 4.69) is 0 Å². The molecule has 0 saturated heterocycles. The van der Waals surface area contributed by atoms with Crippen LogP contribution in [-0.2, 0) is 11.2 Å². The van der Waals surface area contributed by atoms with Crippen LogP contribution >= 0.6 is 0 Å². The van der Waals surface area contributed by atoms with E-state index in [0.29, 0.717) is 13.2 Å². The number of carbonyl (C=O) groups excluding carboxylic acids is 1. The van der Waals surface area contributed by atoms with Crippen molar-refractivity contribution in [1.82, 2.24) is 4.90 Å². The van der Waals surface area contributed by atoms with Crippen molar-refractivity contribution < 1.29 is 9.53 Å². The summed E-state index contributed by atoms with van der Waals surface area (Å²) in [5, 5.41) is 8.44. The zero-order valence-corrected chi connectivity index (χ0v) is 10.8. The molecule has 0 fully saturated rings. The van der Waals surface area contributed by atoms with Gasteiger partial charge >= 0.3 is 0 Å². The number of rotatable bonds is 6. The van der Waals surface area contributed by atoms with Gasteiger partial charge in [-0.3, -0.25) is 4.79 Å². The SMILES string of the molecule is CCOc1ccc(CCN(C)C(=O)CC#N)cc1. The van der Waals surface area contributed by atoms with Crippen molar-refractivity contribution in [1.29, 1.82) is 5.26 Å². The van der Waals surface area contributed by atoms with E-state index in [1.54, 1.807) is 11.9 Å². The van der Waals surface area contributed by atoms with Crippen molar-refractivity contribution in [3.8, 4) is 11.8 Å². The first-order valence-electron chi connectivity index (χ1n) is 6.00. The Morgan fingerprint density at radius 3 is 2.61 bits per heavy atom. The number of hydrogen-bond acceptors (Lipinski definition) is 3. The van der Waals surface area contributed by atoms with Crippen LogP contribution in [0.25, 0.3) is 0 Å². The predicted octanol–water partition coefficient (Wildman–Crippen LogP) is 2.00. The topological polar surface area (TPSA) is 53.3 Å². The summed E-state index contributed by atoms with van der Waals surface area (Å²) in [7, 11) is 1.72. The first kappa shape index (κ1) is 14.0. The van der Waals surface area contributed by atoms with Crippen LogP contribution in [0.2, 0.25) is 0 Å². The third-order valence-corrected chi connectivity index (χ3v) is 2.63. The smallest absolute Gasteiger partial charge is 0.236 e. The lowest BCUT2D eigenvalue weighted by molar-refractivity contribution is -0.128. The van der Waals surface area contributed by atoms with E-state index in [4.69, 9.17) is 10.00 Å². The first-order chi connectivity index (χ1) is 8.67. The van der Waals surface area contributed by atoms with E-state index in [1.807, 2.05) is 37.3 Å². The molecule has 96 valence electrons. The molecule has 1 rings (SSSR count). The molecule has 1 amide bonds. The lowest BCUT2D eigenvalue weighted by Gasteiger charge is -2.15. The van der Waals surface area contributed by atoms with E-state index in [0.717, 1.165) is 17.7 Å². The van der Waals surface area contributed by atoms with Crippen molar-refractivity contribution in [2.24, 2.45) is 0 Å². The number of likely N-dealkylation sites (N-methyl/N-ethyl adjacent to an activating group) is 1.